The fraction of sp³-hybridized carbons (Fsp3) is 0.0345. The summed E-state index contributed by atoms with van der Waals surface area (Å²) in [6.07, 6.45) is -0.790. The number of para-hydroxylation sites is 1. The van der Waals surface area contributed by atoms with Crippen LogP contribution in [0.4, 0.5) is 20.8 Å². The van der Waals surface area contributed by atoms with Gasteiger partial charge in [0.2, 0.25) is 5.95 Å². The zero-order valence-corrected chi connectivity index (χ0v) is 19.9. The molecule has 38 heavy (non-hydrogen) atoms. The lowest BCUT2D eigenvalue weighted by molar-refractivity contribution is 0.204. The Bertz CT molecular complexity index is 1880. The Morgan fingerprint density at radius 3 is 2.47 bits per heavy atom. The molecule has 0 atom stereocenters. The first-order chi connectivity index (χ1) is 18.5. The first kappa shape index (κ1) is 23.1. The molecule has 0 aliphatic carbocycles. The molecule has 0 saturated heterocycles. The minimum absolute atomic E-state index is 0.140. The summed E-state index contributed by atoms with van der Waals surface area (Å²) >= 11 is 0. The van der Waals surface area contributed by atoms with E-state index in [4.69, 9.17) is 0 Å². The van der Waals surface area contributed by atoms with E-state index in [0.29, 0.717) is 45.3 Å². The predicted octanol–water partition coefficient (Wildman–Crippen LogP) is 6.01. The molecule has 186 valence electrons. The minimum atomic E-state index is -1.18. The number of aromatic nitrogens is 4. The summed E-state index contributed by atoms with van der Waals surface area (Å²) in [5, 5.41) is 17.9. The lowest BCUT2D eigenvalue weighted by Gasteiger charge is -2.15. The second kappa shape index (κ2) is 9.29. The van der Waals surface area contributed by atoms with Gasteiger partial charge in [-0.25, -0.2) is 24.2 Å². The van der Waals surface area contributed by atoms with Gasteiger partial charge in [-0.1, -0.05) is 48.5 Å². The lowest BCUT2D eigenvalue weighted by Crippen LogP contribution is -2.24. The largest absolute Gasteiger partial charge is 0.464 e. The minimum Gasteiger partial charge on any atom is -0.464 e. The Morgan fingerprint density at radius 1 is 0.921 bits per heavy atom. The van der Waals surface area contributed by atoms with Crippen molar-refractivity contribution in [1.82, 2.24) is 20.2 Å². The third kappa shape index (κ3) is 4.16. The predicted molar refractivity (Wildman–Crippen MR) is 143 cm³/mol. The van der Waals surface area contributed by atoms with Crippen LogP contribution in [0.2, 0.25) is 0 Å². The van der Waals surface area contributed by atoms with Crippen molar-refractivity contribution < 1.29 is 14.3 Å². The summed E-state index contributed by atoms with van der Waals surface area (Å²) in [4.78, 5) is 32.7. The van der Waals surface area contributed by atoms with Crippen molar-refractivity contribution >= 4 is 39.5 Å². The quantitative estimate of drug-likeness (QED) is 0.265. The number of hydrogen-bond acceptors (Lipinski definition) is 4. The number of H-pyrrole nitrogens is 2. The highest BCUT2D eigenvalue weighted by molar-refractivity contribution is 5.95. The Hall–Kier alpha value is -5.31. The molecule has 1 amide bonds. The molecule has 6 rings (SSSR count). The van der Waals surface area contributed by atoms with E-state index in [1.807, 2.05) is 12.1 Å². The van der Waals surface area contributed by atoms with E-state index < -0.39 is 11.9 Å². The van der Waals surface area contributed by atoms with Gasteiger partial charge in [-0.15, -0.1) is 0 Å². The first-order valence-electron chi connectivity index (χ1n) is 11.8. The molecule has 8 nitrogen and oxygen atoms in total. The summed E-state index contributed by atoms with van der Waals surface area (Å²) in [7, 11) is 0. The van der Waals surface area contributed by atoms with Crippen molar-refractivity contribution in [2.24, 2.45) is 0 Å². The highest BCUT2D eigenvalue weighted by Crippen LogP contribution is 2.30. The van der Waals surface area contributed by atoms with Crippen molar-refractivity contribution in [3.05, 3.63) is 118 Å². The van der Waals surface area contributed by atoms with Crippen LogP contribution in [0.25, 0.3) is 32.9 Å². The molecule has 0 aliphatic heterocycles. The van der Waals surface area contributed by atoms with E-state index in [-0.39, 0.29) is 11.5 Å². The van der Waals surface area contributed by atoms with Crippen molar-refractivity contribution in [2.45, 2.75) is 6.42 Å². The van der Waals surface area contributed by atoms with Crippen LogP contribution in [0.3, 0.4) is 0 Å². The van der Waals surface area contributed by atoms with Crippen molar-refractivity contribution in [3.63, 3.8) is 0 Å². The molecular weight excluding hydrogens is 485 g/mol. The standard InChI is InChI=1S/C29H20FN5O3/c30-23-12-10-17(15-25-20-8-4-5-9-21(20)27(36)34-33-25)14-22(23)18-11-13-24-26(16-18)32-28(31-24)35(29(37)38)19-6-2-1-3-7-19/h1-14,16H,15H2,(H,31,32)(H,34,36)(H,37,38). The highest BCUT2D eigenvalue weighted by atomic mass is 19.1. The molecule has 9 heteroatoms. The number of halogens is 1. The van der Waals surface area contributed by atoms with E-state index >= 15 is 0 Å². The third-order valence-electron chi connectivity index (χ3n) is 6.38. The van der Waals surface area contributed by atoms with Crippen LogP contribution >= 0.6 is 0 Å². The maximum Gasteiger partial charge on any atom is 0.418 e. The van der Waals surface area contributed by atoms with Gasteiger partial charge in [0.1, 0.15) is 5.82 Å². The van der Waals surface area contributed by atoms with Gasteiger partial charge in [0.25, 0.3) is 5.56 Å². The van der Waals surface area contributed by atoms with E-state index in [2.05, 4.69) is 20.2 Å². The Morgan fingerprint density at radius 2 is 1.68 bits per heavy atom. The van der Waals surface area contributed by atoms with Crippen molar-refractivity contribution in [1.29, 1.82) is 0 Å². The van der Waals surface area contributed by atoms with Crippen LogP contribution in [0, 0.1) is 5.82 Å². The third-order valence-corrected chi connectivity index (χ3v) is 6.38. The van der Waals surface area contributed by atoms with Gasteiger partial charge >= 0.3 is 6.09 Å². The van der Waals surface area contributed by atoms with Crippen LogP contribution in [0.5, 0.6) is 0 Å². The fourth-order valence-corrected chi connectivity index (χ4v) is 4.57. The molecular formula is C29H20FN5O3. The number of hydrogen-bond donors (Lipinski definition) is 3. The second-order valence-electron chi connectivity index (χ2n) is 8.78. The number of benzene rings is 4. The Kier molecular flexibility index (Phi) is 5.65. The maximum absolute atomic E-state index is 15.0. The molecule has 0 radical (unpaired) electrons. The van der Waals surface area contributed by atoms with E-state index in [1.54, 1.807) is 72.8 Å². The van der Waals surface area contributed by atoms with E-state index in [1.165, 1.54) is 6.07 Å². The number of amides is 1. The summed E-state index contributed by atoms with van der Waals surface area (Å²) in [6, 6.07) is 25.9. The summed E-state index contributed by atoms with van der Waals surface area (Å²) in [5.74, 6) is -0.263. The number of carboxylic acid groups (broad SMARTS) is 1. The zero-order chi connectivity index (χ0) is 26.2. The molecule has 4 aromatic carbocycles. The molecule has 0 aliphatic rings. The molecule has 0 unspecified atom stereocenters. The SMILES string of the molecule is O=C(O)N(c1ccccc1)c1nc2cc(-c3cc(Cc4n[nH]c(=O)c5ccccc45)ccc3F)ccc2[nH]1. The van der Waals surface area contributed by atoms with Gasteiger partial charge in [-0.05, 0) is 53.6 Å². The van der Waals surface area contributed by atoms with Gasteiger partial charge in [0, 0.05) is 17.4 Å². The van der Waals surface area contributed by atoms with Gasteiger partial charge < -0.3 is 10.1 Å². The van der Waals surface area contributed by atoms with Crippen LogP contribution in [0.15, 0.2) is 95.8 Å². The molecule has 0 bridgehead atoms. The first-order valence-corrected chi connectivity index (χ1v) is 11.8. The number of aromatic amines is 2. The van der Waals surface area contributed by atoms with Crippen molar-refractivity contribution in [3.8, 4) is 11.1 Å². The maximum atomic E-state index is 15.0. The molecule has 0 saturated carbocycles. The molecule has 2 heterocycles. The highest BCUT2D eigenvalue weighted by Gasteiger charge is 2.21. The lowest BCUT2D eigenvalue weighted by atomic mass is 9.98. The average Bonchev–Trinajstić information content (AvgIpc) is 3.34. The normalized spacial score (nSPS) is 11.2. The van der Waals surface area contributed by atoms with E-state index in [0.717, 1.165) is 15.8 Å². The van der Waals surface area contributed by atoms with Crippen molar-refractivity contribution in [2.75, 3.05) is 4.90 Å². The topological polar surface area (TPSA) is 115 Å². The van der Waals surface area contributed by atoms with Gasteiger partial charge in [-0.2, -0.15) is 5.10 Å². The van der Waals surface area contributed by atoms with Gasteiger partial charge in [-0.3, -0.25) is 4.79 Å². The summed E-state index contributed by atoms with van der Waals surface area (Å²) < 4.78 is 15.0. The zero-order valence-electron chi connectivity index (χ0n) is 19.9. The number of nitrogens with one attached hydrogen (secondary N) is 2. The van der Waals surface area contributed by atoms with Crippen LogP contribution in [-0.2, 0) is 6.42 Å². The number of nitrogens with zero attached hydrogens (tertiary/aromatic N) is 3. The van der Waals surface area contributed by atoms with Gasteiger partial charge in [0.05, 0.1) is 27.8 Å². The second-order valence-corrected chi connectivity index (χ2v) is 8.78. The van der Waals surface area contributed by atoms with Crippen LogP contribution < -0.4 is 10.5 Å². The number of carbonyl (C=O) groups is 1. The molecule has 3 N–H and O–H groups in total. The van der Waals surface area contributed by atoms with E-state index in [9.17, 15) is 19.1 Å². The summed E-state index contributed by atoms with van der Waals surface area (Å²) in [6.45, 7) is 0. The van der Waals surface area contributed by atoms with Crippen LogP contribution in [-0.4, -0.2) is 31.4 Å². The number of imidazole rings is 1. The van der Waals surface area contributed by atoms with Crippen LogP contribution in [0.1, 0.15) is 11.3 Å². The number of anilines is 2. The average molecular weight is 506 g/mol. The number of fused-ring (bicyclic) bond motifs is 2. The Balaban J connectivity index is 1.37. The summed E-state index contributed by atoms with van der Waals surface area (Å²) in [5.41, 5.74) is 3.77. The van der Waals surface area contributed by atoms with Gasteiger partial charge in [0.15, 0.2) is 0 Å². The molecule has 6 aromatic rings. The molecule has 0 spiro atoms. The Labute approximate surface area is 215 Å². The monoisotopic (exact) mass is 505 g/mol. The smallest absolute Gasteiger partial charge is 0.418 e. The molecule has 2 aromatic heterocycles. The molecule has 0 fully saturated rings. The number of rotatable bonds is 5. The fourth-order valence-electron chi connectivity index (χ4n) is 4.57.